The number of aryl methyl sites for hydroxylation is 1. The van der Waals surface area contributed by atoms with Crippen molar-refractivity contribution in [3.63, 3.8) is 0 Å². The fourth-order valence-corrected chi connectivity index (χ4v) is 2.25. The molecular weight excluding hydrogens is 278 g/mol. The van der Waals surface area contributed by atoms with Gasteiger partial charge in [-0.05, 0) is 24.1 Å². The van der Waals surface area contributed by atoms with E-state index < -0.39 is 0 Å². The van der Waals surface area contributed by atoms with Crippen molar-refractivity contribution < 1.29 is 14.6 Å². The number of hydrogen-bond donors (Lipinski definition) is 2. The molecule has 0 fully saturated rings. The van der Waals surface area contributed by atoms with Crippen molar-refractivity contribution in [1.82, 2.24) is 5.32 Å². The van der Waals surface area contributed by atoms with Crippen molar-refractivity contribution in [2.24, 2.45) is 0 Å². The maximum absolute atomic E-state index is 8.88. The first-order chi connectivity index (χ1) is 10.8. The van der Waals surface area contributed by atoms with E-state index in [9.17, 15) is 0 Å². The standard InChI is InChI=1S/C18H23NO3/c1-14-6-3-4-7-16(14)13-22-18-15(12-19-10-11-20)8-5-9-17(18)21-2/h3-9,19-20H,10-13H2,1-2H3. The van der Waals surface area contributed by atoms with Crippen LogP contribution in [0.2, 0.25) is 0 Å². The highest BCUT2D eigenvalue weighted by molar-refractivity contribution is 5.46. The van der Waals surface area contributed by atoms with Crippen LogP contribution in [-0.4, -0.2) is 25.4 Å². The first kappa shape index (κ1) is 16.3. The third-order valence-electron chi connectivity index (χ3n) is 3.52. The molecule has 0 aliphatic heterocycles. The molecule has 0 atom stereocenters. The molecule has 0 bridgehead atoms. The summed E-state index contributed by atoms with van der Waals surface area (Å²) < 4.78 is 11.4. The number of hydrogen-bond acceptors (Lipinski definition) is 4. The van der Waals surface area contributed by atoms with Crippen molar-refractivity contribution >= 4 is 0 Å². The monoisotopic (exact) mass is 301 g/mol. The summed E-state index contributed by atoms with van der Waals surface area (Å²) in [5.41, 5.74) is 3.38. The van der Waals surface area contributed by atoms with Crippen molar-refractivity contribution in [3.05, 3.63) is 59.2 Å². The van der Waals surface area contributed by atoms with E-state index in [4.69, 9.17) is 14.6 Å². The van der Waals surface area contributed by atoms with Crippen LogP contribution >= 0.6 is 0 Å². The van der Waals surface area contributed by atoms with E-state index in [1.54, 1.807) is 7.11 Å². The van der Waals surface area contributed by atoms with Gasteiger partial charge >= 0.3 is 0 Å². The number of rotatable bonds is 8. The summed E-state index contributed by atoms with van der Waals surface area (Å²) in [6.45, 7) is 3.86. The topological polar surface area (TPSA) is 50.7 Å². The number of benzene rings is 2. The molecule has 0 aromatic heterocycles. The van der Waals surface area contributed by atoms with Gasteiger partial charge in [0.2, 0.25) is 0 Å². The number of methoxy groups -OCH3 is 1. The molecule has 0 spiro atoms. The number of aliphatic hydroxyl groups is 1. The van der Waals surface area contributed by atoms with Gasteiger partial charge in [-0.15, -0.1) is 0 Å². The molecule has 4 nitrogen and oxygen atoms in total. The smallest absolute Gasteiger partial charge is 0.166 e. The fourth-order valence-electron chi connectivity index (χ4n) is 2.25. The van der Waals surface area contributed by atoms with E-state index >= 15 is 0 Å². The van der Waals surface area contributed by atoms with Gasteiger partial charge in [0, 0.05) is 18.7 Å². The predicted molar refractivity (Wildman–Crippen MR) is 87.3 cm³/mol. The van der Waals surface area contributed by atoms with Gasteiger partial charge in [0.05, 0.1) is 13.7 Å². The van der Waals surface area contributed by atoms with Crippen LogP contribution in [0.1, 0.15) is 16.7 Å². The van der Waals surface area contributed by atoms with Crippen LogP contribution in [0.3, 0.4) is 0 Å². The molecule has 22 heavy (non-hydrogen) atoms. The van der Waals surface area contributed by atoms with E-state index in [-0.39, 0.29) is 6.61 Å². The normalized spacial score (nSPS) is 10.5. The SMILES string of the molecule is COc1cccc(CNCCO)c1OCc1ccccc1C. The minimum atomic E-state index is 0.114. The van der Waals surface area contributed by atoms with Gasteiger partial charge in [-0.2, -0.15) is 0 Å². The molecule has 2 aromatic carbocycles. The van der Waals surface area contributed by atoms with E-state index in [0.717, 1.165) is 22.6 Å². The van der Waals surface area contributed by atoms with Gasteiger partial charge in [-0.25, -0.2) is 0 Å². The first-order valence-electron chi connectivity index (χ1n) is 7.41. The van der Waals surface area contributed by atoms with Crippen molar-refractivity contribution in [2.45, 2.75) is 20.1 Å². The molecule has 0 aliphatic carbocycles. The molecule has 2 aromatic rings. The molecular formula is C18H23NO3. The van der Waals surface area contributed by atoms with E-state index in [0.29, 0.717) is 19.7 Å². The third-order valence-corrected chi connectivity index (χ3v) is 3.52. The van der Waals surface area contributed by atoms with Crippen molar-refractivity contribution in [2.75, 3.05) is 20.3 Å². The van der Waals surface area contributed by atoms with Crippen LogP contribution < -0.4 is 14.8 Å². The minimum absolute atomic E-state index is 0.114. The Balaban J connectivity index is 2.15. The molecule has 2 N–H and O–H groups in total. The fraction of sp³-hybridized carbons (Fsp3) is 0.333. The summed E-state index contributed by atoms with van der Waals surface area (Å²) in [5, 5.41) is 12.0. The molecule has 118 valence electrons. The van der Waals surface area contributed by atoms with Gasteiger partial charge < -0.3 is 19.9 Å². The molecule has 4 heteroatoms. The summed E-state index contributed by atoms with van der Waals surface area (Å²) in [6.07, 6.45) is 0. The summed E-state index contributed by atoms with van der Waals surface area (Å²) in [5.74, 6) is 1.47. The Morgan fingerprint density at radius 2 is 1.82 bits per heavy atom. The first-order valence-corrected chi connectivity index (χ1v) is 7.41. The van der Waals surface area contributed by atoms with E-state index in [1.165, 1.54) is 5.56 Å². The second kappa shape index (κ2) is 8.41. The van der Waals surface area contributed by atoms with Crippen LogP contribution in [0.15, 0.2) is 42.5 Å². The highest BCUT2D eigenvalue weighted by Gasteiger charge is 2.11. The largest absolute Gasteiger partial charge is 0.493 e. The highest BCUT2D eigenvalue weighted by Crippen LogP contribution is 2.32. The zero-order valence-electron chi connectivity index (χ0n) is 13.1. The predicted octanol–water partition coefficient (Wildman–Crippen LogP) is 2.66. The van der Waals surface area contributed by atoms with Crippen LogP contribution in [0.25, 0.3) is 0 Å². The number of nitrogens with one attached hydrogen (secondary N) is 1. The summed E-state index contributed by atoms with van der Waals surface area (Å²) in [7, 11) is 1.64. The van der Waals surface area contributed by atoms with Gasteiger partial charge in [0.15, 0.2) is 11.5 Å². The third kappa shape index (κ3) is 4.23. The van der Waals surface area contributed by atoms with Gasteiger partial charge in [0.25, 0.3) is 0 Å². The average molecular weight is 301 g/mol. The molecule has 0 unspecified atom stereocenters. The Labute approximate surface area is 131 Å². The van der Waals surface area contributed by atoms with Gasteiger partial charge in [0.1, 0.15) is 6.61 Å². The molecule has 0 saturated carbocycles. The van der Waals surface area contributed by atoms with Gasteiger partial charge in [-0.3, -0.25) is 0 Å². The molecule has 2 rings (SSSR count). The lowest BCUT2D eigenvalue weighted by Crippen LogP contribution is -2.18. The van der Waals surface area contributed by atoms with E-state index in [2.05, 4.69) is 24.4 Å². The molecule has 0 heterocycles. The van der Waals surface area contributed by atoms with E-state index in [1.807, 2.05) is 30.3 Å². The lowest BCUT2D eigenvalue weighted by molar-refractivity contribution is 0.276. The number of ether oxygens (including phenoxy) is 2. The maximum Gasteiger partial charge on any atom is 0.166 e. The van der Waals surface area contributed by atoms with Crippen LogP contribution in [-0.2, 0) is 13.2 Å². The Morgan fingerprint density at radius 1 is 1.05 bits per heavy atom. The zero-order valence-corrected chi connectivity index (χ0v) is 13.1. The minimum Gasteiger partial charge on any atom is -0.493 e. The lowest BCUT2D eigenvalue weighted by Gasteiger charge is -2.16. The van der Waals surface area contributed by atoms with Crippen LogP contribution in [0.5, 0.6) is 11.5 Å². The Hall–Kier alpha value is -2.04. The highest BCUT2D eigenvalue weighted by atomic mass is 16.5. The summed E-state index contributed by atoms with van der Waals surface area (Å²) >= 11 is 0. The number of aliphatic hydroxyl groups excluding tert-OH is 1. The quantitative estimate of drug-likeness (QED) is 0.736. The average Bonchev–Trinajstić information content (AvgIpc) is 2.55. The summed E-state index contributed by atoms with van der Waals surface area (Å²) in [6, 6.07) is 14.0. The van der Waals surface area contributed by atoms with Gasteiger partial charge in [-0.1, -0.05) is 36.4 Å². The maximum atomic E-state index is 8.88. The molecule has 0 saturated heterocycles. The van der Waals surface area contributed by atoms with Crippen LogP contribution in [0.4, 0.5) is 0 Å². The molecule has 0 radical (unpaired) electrons. The van der Waals surface area contributed by atoms with Crippen LogP contribution in [0, 0.1) is 6.92 Å². The molecule has 0 amide bonds. The zero-order chi connectivity index (χ0) is 15.8. The van der Waals surface area contributed by atoms with Crippen molar-refractivity contribution in [3.8, 4) is 11.5 Å². The second-order valence-corrected chi connectivity index (χ2v) is 5.06. The summed E-state index contributed by atoms with van der Waals surface area (Å²) in [4.78, 5) is 0. The number of para-hydroxylation sites is 1. The Morgan fingerprint density at radius 3 is 2.55 bits per heavy atom. The lowest BCUT2D eigenvalue weighted by atomic mass is 10.1. The second-order valence-electron chi connectivity index (χ2n) is 5.06. The Bertz CT molecular complexity index is 599. The van der Waals surface area contributed by atoms with Crippen molar-refractivity contribution in [1.29, 1.82) is 0 Å². The Kier molecular flexibility index (Phi) is 6.25. The molecule has 0 aliphatic rings.